The lowest BCUT2D eigenvalue weighted by molar-refractivity contribution is 0.144. The molecule has 5 nitrogen and oxygen atoms in total. The van der Waals surface area contributed by atoms with Crippen LogP contribution < -0.4 is 5.32 Å². The van der Waals surface area contributed by atoms with Crippen molar-refractivity contribution in [3.63, 3.8) is 0 Å². The van der Waals surface area contributed by atoms with E-state index in [0.29, 0.717) is 24.0 Å². The third-order valence-corrected chi connectivity index (χ3v) is 6.50. The van der Waals surface area contributed by atoms with Gasteiger partial charge in [-0.3, -0.25) is 0 Å². The van der Waals surface area contributed by atoms with Gasteiger partial charge >= 0.3 is 0 Å². The van der Waals surface area contributed by atoms with Gasteiger partial charge in [0.05, 0.1) is 4.90 Å². The summed E-state index contributed by atoms with van der Waals surface area (Å²) in [5.74, 6) is 0. The fraction of sp³-hybridized carbons (Fsp3) is 0.600. The van der Waals surface area contributed by atoms with E-state index in [1.807, 2.05) is 12.1 Å². The Hall–Kier alpha value is -1.11. The molecule has 3 rings (SSSR count). The fourth-order valence-corrected chi connectivity index (χ4v) is 4.69. The highest BCUT2D eigenvalue weighted by molar-refractivity contribution is 7.89. The first kappa shape index (κ1) is 14.8. The summed E-state index contributed by atoms with van der Waals surface area (Å²) in [6.45, 7) is 4.96. The molecular formula is C15H23N3O2S. The minimum atomic E-state index is -3.37. The van der Waals surface area contributed by atoms with Crippen LogP contribution in [0.3, 0.4) is 0 Å². The zero-order valence-electron chi connectivity index (χ0n) is 12.7. The Kier molecular flexibility index (Phi) is 3.94. The third-order valence-electron chi connectivity index (χ3n) is 4.64. The van der Waals surface area contributed by atoms with Crippen molar-refractivity contribution in [1.29, 1.82) is 0 Å². The van der Waals surface area contributed by atoms with Crippen LogP contribution in [0.25, 0.3) is 0 Å². The molecule has 1 unspecified atom stereocenters. The number of benzene rings is 1. The second-order valence-electron chi connectivity index (χ2n) is 5.90. The van der Waals surface area contributed by atoms with E-state index in [1.54, 1.807) is 10.4 Å². The molecule has 1 N–H and O–H groups in total. The average molecular weight is 309 g/mol. The lowest BCUT2D eigenvalue weighted by Crippen LogP contribution is -2.52. The van der Waals surface area contributed by atoms with Crippen molar-refractivity contribution in [2.75, 3.05) is 38.5 Å². The first-order valence-electron chi connectivity index (χ1n) is 7.59. The van der Waals surface area contributed by atoms with Crippen molar-refractivity contribution in [1.82, 2.24) is 9.21 Å². The van der Waals surface area contributed by atoms with Gasteiger partial charge in [-0.05, 0) is 43.7 Å². The van der Waals surface area contributed by atoms with Crippen LogP contribution in [0.15, 0.2) is 23.1 Å². The Bertz CT molecular complexity index is 630. The van der Waals surface area contributed by atoms with Crippen molar-refractivity contribution in [3.8, 4) is 0 Å². The summed E-state index contributed by atoms with van der Waals surface area (Å²) >= 11 is 0. The van der Waals surface area contributed by atoms with Gasteiger partial charge in [-0.15, -0.1) is 0 Å². The van der Waals surface area contributed by atoms with Crippen LogP contribution in [-0.4, -0.2) is 56.9 Å². The smallest absolute Gasteiger partial charge is 0.243 e. The van der Waals surface area contributed by atoms with Gasteiger partial charge in [0.15, 0.2) is 0 Å². The number of fused-ring (bicyclic) bond motifs is 1. The van der Waals surface area contributed by atoms with Gasteiger partial charge in [0.2, 0.25) is 10.0 Å². The van der Waals surface area contributed by atoms with Gasteiger partial charge in [-0.25, -0.2) is 8.42 Å². The molecule has 1 atom stereocenters. The predicted molar refractivity (Wildman–Crippen MR) is 84.1 cm³/mol. The van der Waals surface area contributed by atoms with Crippen LogP contribution >= 0.6 is 0 Å². The molecule has 0 aliphatic carbocycles. The Labute approximate surface area is 127 Å². The van der Waals surface area contributed by atoms with Gasteiger partial charge in [-0.1, -0.05) is 6.92 Å². The van der Waals surface area contributed by atoms with Crippen molar-refractivity contribution in [2.45, 2.75) is 30.7 Å². The number of rotatable bonds is 3. The van der Waals surface area contributed by atoms with Crippen molar-refractivity contribution < 1.29 is 8.42 Å². The van der Waals surface area contributed by atoms with Gasteiger partial charge in [0.1, 0.15) is 0 Å². The topological polar surface area (TPSA) is 52.7 Å². The Morgan fingerprint density at radius 1 is 1.33 bits per heavy atom. The Morgan fingerprint density at radius 3 is 2.90 bits per heavy atom. The quantitative estimate of drug-likeness (QED) is 0.916. The van der Waals surface area contributed by atoms with Crippen molar-refractivity contribution in [3.05, 3.63) is 23.8 Å². The first-order chi connectivity index (χ1) is 10.0. The summed E-state index contributed by atoms with van der Waals surface area (Å²) in [5, 5.41) is 3.27. The summed E-state index contributed by atoms with van der Waals surface area (Å²) in [6.07, 6.45) is 1.87. The molecule has 21 heavy (non-hydrogen) atoms. The van der Waals surface area contributed by atoms with E-state index in [0.717, 1.165) is 37.2 Å². The molecule has 1 aromatic rings. The largest absolute Gasteiger partial charge is 0.384 e. The summed E-state index contributed by atoms with van der Waals surface area (Å²) in [4.78, 5) is 2.68. The maximum atomic E-state index is 12.8. The minimum absolute atomic E-state index is 0.310. The molecule has 0 radical (unpaired) electrons. The molecule has 1 saturated heterocycles. The number of anilines is 1. The van der Waals surface area contributed by atoms with Crippen LogP contribution in [-0.2, 0) is 16.4 Å². The number of hydrogen-bond acceptors (Lipinski definition) is 4. The van der Waals surface area contributed by atoms with Crippen LogP contribution in [0.5, 0.6) is 0 Å². The number of piperazine rings is 1. The monoisotopic (exact) mass is 309 g/mol. The maximum Gasteiger partial charge on any atom is 0.243 e. The van der Waals surface area contributed by atoms with Crippen molar-refractivity contribution in [2.24, 2.45) is 0 Å². The standard InChI is InChI=1S/C15H23N3O2S/c1-3-13-11-18(9-8-17(13)2)21(19,20)14-4-5-15-12(10-14)6-7-16-15/h4-5,10,13,16H,3,6-9,11H2,1-2H3. The van der Waals surface area contributed by atoms with E-state index >= 15 is 0 Å². The highest BCUT2D eigenvalue weighted by Gasteiger charge is 2.32. The summed E-state index contributed by atoms with van der Waals surface area (Å²) in [6, 6.07) is 5.77. The lowest BCUT2D eigenvalue weighted by atomic mass is 10.1. The number of hydrogen-bond donors (Lipinski definition) is 1. The van der Waals surface area contributed by atoms with Gasteiger partial charge < -0.3 is 10.2 Å². The van der Waals surface area contributed by atoms with Crippen LogP contribution in [0, 0.1) is 0 Å². The van der Waals surface area contributed by atoms with Crippen LogP contribution in [0.4, 0.5) is 5.69 Å². The normalized spacial score (nSPS) is 23.8. The molecule has 0 saturated carbocycles. The summed E-state index contributed by atoms with van der Waals surface area (Å²) in [5.41, 5.74) is 2.18. The second kappa shape index (κ2) is 5.59. The first-order valence-corrected chi connectivity index (χ1v) is 9.03. The number of nitrogens with zero attached hydrogens (tertiary/aromatic N) is 2. The fourth-order valence-electron chi connectivity index (χ4n) is 3.17. The molecule has 2 heterocycles. The summed E-state index contributed by atoms with van der Waals surface area (Å²) in [7, 11) is -1.30. The van der Waals surface area contributed by atoms with Gasteiger partial charge in [0, 0.05) is 37.9 Å². The minimum Gasteiger partial charge on any atom is -0.384 e. The average Bonchev–Trinajstić information content (AvgIpc) is 2.94. The molecule has 116 valence electrons. The van der Waals surface area contributed by atoms with Crippen molar-refractivity contribution >= 4 is 15.7 Å². The van der Waals surface area contributed by atoms with E-state index in [9.17, 15) is 8.42 Å². The number of sulfonamides is 1. The van der Waals surface area contributed by atoms with Gasteiger partial charge in [0.25, 0.3) is 0 Å². The summed E-state index contributed by atoms with van der Waals surface area (Å²) < 4.78 is 27.3. The zero-order chi connectivity index (χ0) is 15.0. The zero-order valence-corrected chi connectivity index (χ0v) is 13.5. The van der Waals surface area contributed by atoms with Crippen LogP contribution in [0.2, 0.25) is 0 Å². The Morgan fingerprint density at radius 2 is 2.14 bits per heavy atom. The van der Waals surface area contributed by atoms with E-state index in [-0.39, 0.29) is 0 Å². The molecule has 0 bridgehead atoms. The lowest BCUT2D eigenvalue weighted by Gasteiger charge is -2.38. The maximum absolute atomic E-state index is 12.8. The highest BCUT2D eigenvalue weighted by atomic mass is 32.2. The van der Waals surface area contributed by atoms with E-state index in [4.69, 9.17) is 0 Å². The van der Waals surface area contributed by atoms with E-state index in [1.165, 1.54) is 0 Å². The SMILES string of the molecule is CCC1CN(S(=O)(=O)c2ccc3c(c2)CCN3)CCN1C. The molecule has 2 aliphatic rings. The van der Waals surface area contributed by atoms with E-state index < -0.39 is 10.0 Å². The molecule has 6 heteroatoms. The predicted octanol–water partition coefficient (Wildman–Crippen LogP) is 1.37. The number of nitrogens with one attached hydrogen (secondary N) is 1. The van der Waals surface area contributed by atoms with Gasteiger partial charge in [-0.2, -0.15) is 4.31 Å². The van der Waals surface area contributed by atoms with Crippen LogP contribution in [0.1, 0.15) is 18.9 Å². The Balaban J connectivity index is 1.86. The molecule has 0 aromatic heterocycles. The molecule has 1 fully saturated rings. The van der Waals surface area contributed by atoms with E-state index in [2.05, 4.69) is 24.2 Å². The molecule has 1 aromatic carbocycles. The molecule has 0 amide bonds. The third kappa shape index (κ3) is 2.67. The second-order valence-corrected chi connectivity index (χ2v) is 7.84. The highest BCUT2D eigenvalue weighted by Crippen LogP contribution is 2.27. The molecule has 0 spiro atoms. The molecular weight excluding hydrogens is 286 g/mol. The number of likely N-dealkylation sites (N-methyl/N-ethyl adjacent to an activating group) is 1. The molecule has 2 aliphatic heterocycles.